The van der Waals surface area contributed by atoms with E-state index in [4.69, 9.17) is 23.2 Å². The lowest BCUT2D eigenvalue weighted by Gasteiger charge is -2.12. The molecule has 0 heterocycles. The highest BCUT2D eigenvalue weighted by atomic mass is 35.5. The van der Waals surface area contributed by atoms with Crippen LogP contribution in [0.1, 0.15) is 25.0 Å². The zero-order valence-corrected chi connectivity index (χ0v) is 17.3. The smallest absolute Gasteiger partial charge is 0.442 e. The van der Waals surface area contributed by atoms with Crippen molar-refractivity contribution in [1.29, 1.82) is 0 Å². The average molecular weight is 497 g/mol. The largest absolute Gasteiger partial charge is 0.460 e. The normalized spacial score (nSPS) is 21.3. The lowest BCUT2D eigenvalue weighted by molar-refractivity contribution is -0.147. The Morgan fingerprint density at radius 3 is 2.00 bits per heavy atom. The number of rotatable bonds is 6. The van der Waals surface area contributed by atoms with Crippen LogP contribution in [0.25, 0.3) is 0 Å². The lowest BCUT2D eigenvalue weighted by Crippen LogP contribution is -2.15. The lowest BCUT2D eigenvalue weighted by atomic mass is 10.1. The van der Waals surface area contributed by atoms with Crippen LogP contribution in [0.4, 0.5) is 35.1 Å². The molecular weight excluding hydrogens is 483 g/mol. The predicted molar refractivity (Wildman–Crippen MR) is 95.6 cm³/mol. The fourth-order valence-corrected chi connectivity index (χ4v) is 3.35. The number of allylic oxidation sites excluding steroid dienone is 3. The topological polar surface area (TPSA) is 26.3 Å². The van der Waals surface area contributed by atoms with Gasteiger partial charge in [-0.3, -0.25) is 4.79 Å². The first kappa shape index (κ1) is 25.5. The van der Waals surface area contributed by atoms with Crippen LogP contribution in [0.5, 0.6) is 0 Å². The van der Waals surface area contributed by atoms with E-state index in [0.717, 1.165) is 5.54 Å². The Balaban J connectivity index is 2.21. The fourth-order valence-electron chi connectivity index (χ4n) is 3.14. The van der Waals surface area contributed by atoms with Crippen molar-refractivity contribution in [2.45, 2.75) is 33.1 Å². The number of halogens is 10. The first-order valence-corrected chi connectivity index (χ1v) is 9.35. The van der Waals surface area contributed by atoms with Crippen molar-refractivity contribution >= 4 is 29.2 Å². The first-order chi connectivity index (χ1) is 14.1. The molecule has 12 heteroatoms. The molecule has 0 spiro atoms. The van der Waals surface area contributed by atoms with Gasteiger partial charge in [-0.1, -0.05) is 37.0 Å². The molecule has 0 N–H and O–H groups in total. The molecule has 0 radical (unpaired) electrons. The van der Waals surface area contributed by atoms with Crippen molar-refractivity contribution < 1.29 is 44.7 Å². The number of carbonyl (C=O) groups is 1. The molecule has 2 atom stereocenters. The van der Waals surface area contributed by atoms with Gasteiger partial charge in [0.2, 0.25) is 0 Å². The molecule has 0 aliphatic heterocycles. The summed E-state index contributed by atoms with van der Waals surface area (Å²) in [5, 5.41) is -0.307. The second-order valence-electron chi connectivity index (χ2n) is 7.39. The van der Waals surface area contributed by atoms with Gasteiger partial charge in [-0.15, -0.1) is 0 Å². The molecule has 2 nitrogen and oxygen atoms in total. The van der Waals surface area contributed by atoms with E-state index in [0.29, 0.717) is 0 Å². The third kappa shape index (κ3) is 5.16. The molecule has 1 saturated carbocycles. The summed E-state index contributed by atoms with van der Waals surface area (Å²) in [4.78, 5) is 12.2. The zero-order valence-electron chi connectivity index (χ0n) is 15.8. The van der Waals surface area contributed by atoms with Gasteiger partial charge in [0.05, 0.1) is 11.5 Å². The second-order valence-corrected chi connectivity index (χ2v) is 8.09. The third-order valence-corrected chi connectivity index (χ3v) is 5.65. The molecule has 2 rings (SSSR count). The molecule has 0 saturated heterocycles. The predicted octanol–water partition coefficient (Wildman–Crippen LogP) is 6.84. The number of alkyl halides is 3. The highest BCUT2D eigenvalue weighted by Crippen LogP contribution is 2.60. The van der Waals surface area contributed by atoms with Crippen molar-refractivity contribution in [3.63, 3.8) is 0 Å². The summed E-state index contributed by atoms with van der Waals surface area (Å²) in [5.74, 6) is -13.3. The summed E-state index contributed by atoms with van der Waals surface area (Å²) in [6, 6.07) is 0. The SMILES string of the molecule is CC1(C)[C@@H](/C=C(\F)C(F)(F)F)[C@@H]1C(=O)OCc1c(F)c(F)c(C/C(Cl)=C\Cl)c(F)c1F. The van der Waals surface area contributed by atoms with Crippen LogP contribution in [-0.2, 0) is 22.6 Å². The Bertz CT molecular complexity index is 924. The van der Waals surface area contributed by atoms with Crippen molar-refractivity contribution in [2.75, 3.05) is 0 Å². The molecule has 31 heavy (non-hydrogen) atoms. The molecule has 0 aromatic heterocycles. The van der Waals surface area contributed by atoms with Crippen LogP contribution < -0.4 is 0 Å². The van der Waals surface area contributed by atoms with Crippen molar-refractivity contribution in [3.05, 3.63) is 56.9 Å². The van der Waals surface area contributed by atoms with Crippen molar-refractivity contribution in [2.24, 2.45) is 17.3 Å². The maximum absolute atomic E-state index is 14.2. The van der Waals surface area contributed by atoms with Gasteiger partial charge in [-0.25, -0.2) is 22.0 Å². The average Bonchev–Trinajstić information content (AvgIpc) is 3.22. The quantitative estimate of drug-likeness (QED) is 0.245. The molecule has 1 aliphatic rings. The van der Waals surface area contributed by atoms with Crippen LogP contribution in [0.15, 0.2) is 22.5 Å². The number of benzene rings is 1. The maximum atomic E-state index is 14.2. The fraction of sp³-hybridized carbons (Fsp3) is 0.421. The molecule has 1 aliphatic carbocycles. The number of hydrogen-bond donors (Lipinski definition) is 0. The van der Waals surface area contributed by atoms with Gasteiger partial charge in [0.15, 0.2) is 29.1 Å². The monoisotopic (exact) mass is 496 g/mol. The van der Waals surface area contributed by atoms with Crippen molar-refractivity contribution in [1.82, 2.24) is 0 Å². The van der Waals surface area contributed by atoms with Crippen LogP contribution in [0.3, 0.4) is 0 Å². The van der Waals surface area contributed by atoms with E-state index >= 15 is 0 Å². The Morgan fingerprint density at radius 2 is 1.55 bits per heavy atom. The molecule has 172 valence electrons. The van der Waals surface area contributed by atoms with Gasteiger partial charge >= 0.3 is 12.1 Å². The molecule has 0 unspecified atom stereocenters. The highest BCUT2D eigenvalue weighted by Gasteiger charge is 2.62. The molecular formula is C19H14Cl2F8O2. The van der Waals surface area contributed by atoms with E-state index in [2.05, 4.69) is 4.74 Å². The van der Waals surface area contributed by atoms with Gasteiger partial charge in [-0.05, 0) is 17.4 Å². The minimum Gasteiger partial charge on any atom is -0.460 e. The van der Waals surface area contributed by atoms with Gasteiger partial charge in [0, 0.05) is 22.6 Å². The first-order valence-electron chi connectivity index (χ1n) is 8.54. The minimum atomic E-state index is -5.24. The summed E-state index contributed by atoms with van der Waals surface area (Å²) in [5.41, 5.74) is -2.68. The zero-order chi connectivity index (χ0) is 23.9. The second kappa shape index (κ2) is 8.97. The maximum Gasteiger partial charge on any atom is 0.442 e. The Labute approximate surface area is 181 Å². The Hall–Kier alpha value is -1.81. The Morgan fingerprint density at radius 1 is 1.06 bits per heavy atom. The molecule has 0 bridgehead atoms. The standard InChI is InChI=1S/C19H14Cl2F8O2/c1-18(2)10(4-11(22)19(27,28)29)12(18)17(30)31-6-9-15(25)13(23)8(3-7(21)5-20)14(24)16(9)26/h4-5,10,12H,3,6H2,1-2H3/b7-5+,11-4-/t10-,12+/m0/s1. The van der Waals surface area contributed by atoms with Gasteiger partial charge in [-0.2, -0.15) is 13.2 Å². The third-order valence-electron chi connectivity index (χ3n) is 5.03. The van der Waals surface area contributed by atoms with E-state index < -0.39 is 82.6 Å². The highest BCUT2D eigenvalue weighted by molar-refractivity contribution is 6.36. The summed E-state index contributed by atoms with van der Waals surface area (Å²) in [7, 11) is 0. The van der Waals surface area contributed by atoms with Gasteiger partial charge < -0.3 is 4.74 Å². The van der Waals surface area contributed by atoms with E-state index in [1.54, 1.807) is 0 Å². The molecule has 1 aromatic rings. The minimum absolute atomic E-state index is 0.218. The van der Waals surface area contributed by atoms with Crippen molar-refractivity contribution in [3.8, 4) is 0 Å². The number of carbonyl (C=O) groups excluding carboxylic acids is 1. The molecule has 0 amide bonds. The summed E-state index contributed by atoms with van der Waals surface area (Å²) in [6.45, 7) is 1.47. The van der Waals surface area contributed by atoms with E-state index in [1.165, 1.54) is 13.8 Å². The van der Waals surface area contributed by atoms with E-state index in [1.807, 2.05) is 0 Å². The van der Waals surface area contributed by atoms with Crippen LogP contribution in [-0.4, -0.2) is 12.1 Å². The summed E-state index contributed by atoms with van der Waals surface area (Å²) in [6.07, 6.45) is -5.77. The van der Waals surface area contributed by atoms with Crippen LogP contribution in [0, 0.1) is 40.5 Å². The molecule has 1 fully saturated rings. The summed E-state index contributed by atoms with van der Waals surface area (Å²) < 4.78 is 112. The number of hydrogen-bond acceptors (Lipinski definition) is 2. The van der Waals surface area contributed by atoms with Crippen LogP contribution in [0.2, 0.25) is 0 Å². The number of ether oxygens (including phenoxy) is 1. The van der Waals surface area contributed by atoms with E-state index in [9.17, 15) is 39.9 Å². The Kier molecular flexibility index (Phi) is 7.37. The molecule has 1 aromatic carbocycles. The van der Waals surface area contributed by atoms with Gasteiger partial charge in [0.25, 0.3) is 0 Å². The summed E-state index contributed by atoms with van der Waals surface area (Å²) >= 11 is 10.8. The van der Waals surface area contributed by atoms with E-state index in [-0.39, 0.29) is 11.1 Å². The number of esters is 1. The van der Waals surface area contributed by atoms with Gasteiger partial charge in [0.1, 0.15) is 6.61 Å². The van der Waals surface area contributed by atoms with Crippen LogP contribution >= 0.6 is 23.2 Å².